The van der Waals surface area contributed by atoms with Gasteiger partial charge in [0.25, 0.3) is 0 Å². The lowest BCUT2D eigenvalue weighted by Gasteiger charge is -2.35. The molecule has 0 unspecified atom stereocenters. The molecule has 0 aliphatic heterocycles. The van der Waals surface area contributed by atoms with Gasteiger partial charge in [-0.3, -0.25) is 0 Å². The molecule has 0 heteroatoms. The minimum Gasteiger partial charge on any atom is -0.0820 e. The highest BCUT2D eigenvalue weighted by Crippen LogP contribution is 2.37. The number of rotatable bonds is 2. The Morgan fingerprint density at radius 3 is 2.23 bits per heavy atom. The summed E-state index contributed by atoms with van der Waals surface area (Å²) >= 11 is 0. The molecular formula is C13H24. The first-order chi connectivity index (χ1) is 6.02. The van der Waals surface area contributed by atoms with E-state index in [0.29, 0.717) is 0 Å². The molecule has 0 heterocycles. The van der Waals surface area contributed by atoms with Gasteiger partial charge in [0.2, 0.25) is 0 Å². The summed E-state index contributed by atoms with van der Waals surface area (Å²) in [6.45, 7) is 11.7. The second kappa shape index (κ2) is 4.30. The minimum atomic E-state index is 0.808. The van der Waals surface area contributed by atoms with Gasteiger partial charge in [-0.2, -0.15) is 0 Å². The van der Waals surface area contributed by atoms with Crippen LogP contribution >= 0.6 is 0 Å². The lowest BCUT2D eigenvalue weighted by atomic mass is 9.71. The van der Waals surface area contributed by atoms with Gasteiger partial charge >= 0.3 is 0 Å². The molecule has 0 saturated heterocycles. The first-order valence-corrected chi connectivity index (χ1v) is 5.69. The topological polar surface area (TPSA) is 0 Å². The van der Waals surface area contributed by atoms with Crippen LogP contribution in [0.4, 0.5) is 0 Å². The van der Waals surface area contributed by atoms with Crippen LogP contribution in [0, 0.1) is 23.7 Å². The van der Waals surface area contributed by atoms with Crippen LogP contribution in [0.15, 0.2) is 11.6 Å². The van der Waals surface area contributed by atoms with E-state index in [1.165, 1.54) is 12.8 Å². The average molecular weight is 180 g/mol. The summed E-state index contributed by atoms with van der Waals surface area (Å²) in [5.74, 6) is 3.40. The lowest BCUT2D eigenvalue weighted by molar-refractivity contribution is 0.215. The summed E-state index contributed by atoms with van der Waals surface area (Å²) in [4.78, 5) is 0. The third-order valence-electron chi connectivity index (χ3n) is 3.47. The van der Waals surface area contributed by atoms with Crippen molar-refractivity contribution in [2.45, 2.75) is 47.5 Å². The second-order valence-electron chi connectivity index (χ2n) is 5.28. The van der Waals surface area contributed by atoms with E-state index in [4.69, 9.17) is 0 Å². The number of allylic oxidation sites excluding steroid dienone is 2. The molecule has 13 heavy (non-hydrogen) atoms. The standard InChI is InChI=1S/C13H24/c1-9(2)12-7-6-11(5)8-13(12)10(3)4/h8-10,12-13H,6-7H2,1-5H3/t12-,13-/m0/s1. The molecule has 0 aromatic carbocycles. The third kappa shape index (κ3) is 2.59. The molecule has 2 atom stereocenters. The highest BCUT2D eigenvalue weighted by molar-refractivity contribution is 5.08. The third-order valence-corrected chi connectivity index (χ3v) is 3.47. The monoisotopic (exact) mass is 180 g/mol. The van der Waals surface area contributed by atoms with Crippen LogP contribution in [0.5, 0.6) is 0 Å². The van der Waals surface area contributed by atoms with E-state index in [1.807, 2.05) is 0 Å². The zero-order valence-corrected chi connectivity index (χ0v) is 9.80. The fraction of sp³-hybridized carbons (Fsp3) is 0.846. The molecule has 0 radical (unpaired) electrons. The molecule has 1 rings (SSSR count). The lowest BCUT2D eigenvalue weighted by Crippen LogP contribution is -2.26. The predicted octanol–water partition coefficient (Wildman–Crippen LogP) is 4.27. The Bertz CT molecular complexity index is 186. The highest BCUT2D eigenvalue weighted by atomic mass is 14.3. The molecular weight excluding hydrogens is 156 g/mol. The summed E-state index contributed by atoms with van der Waals surface area (Å²) < 4.78 is 0. The maximum atomic E-state index is 2.53. The van der Waals surface area contributed by atoms with Crippen LogP contribution in [-0.4, -0.2) is 0 Å². The van der Waals surface area contributed by atoms with Crippen molar-refractivity contribution in [2.75, 3.05) is 0 Å². The molecule has 1 aliphatic rings. The van der Waals surface area contributed by atoms with E-state index in [1.54, 1.807) is 5.57 Å². The van der Waals surface area contributed by atoms with Crippen molar-refractivity contribution in [3.63, 3.8) is 0 Å². The molecule has 0 amide bonds. The first-order valence-electron chi connectivity index (χ1n) is 5.69. The van der Waals surface area contributed by atoms with Crippen LogP contribution in [0.2, 0.25) is 0 Å². The van der Waals surface area contributed by atoms with Gasteiger partial charge in [-0.25, -0.2) is 0 Å². The van der Waals surface area contributed by atoms with Crippen LogP contribution in [-0.2, 0) is 0 Å². The maximum Gasteiger partial charge on any atom is -0.0177 e. The molecule has 0 nitrogen and oxygen atoms in total. The van der Waals surface area contributed by atoms with Crippen LogP contribution in [0.25, 0.3) is 0 Å². The maximum absolute atomic E-state index is 2.53. The summed E-state index contributed by atoms with van der Waals surface area (Å²) in [6.07, 6.45) is 5.26. The minimum absolute atomic E-state index is 0.808. The van der Waals surface area contributed by atoms with Gasteiger partial charge in [-0.15, -0.1) is 0 Å². The van der Waals surface area contributed by atoms with Crippen molar-refractivity contribution >= 4 is 0 Å². The van der Waals surface area contributed by atoms with Gasteiger partial charge in [-0.05, 0) is 43.4 Å². The van der Waals surface area contributed by atoms with Crippen LogP contribution in [0.1, 0.15) is 47.5 Å². The quantitative estimate of drug-likeness (QED) is 0.557. The van der Waals surface area contributed by atoms with Gasteiger partial charge in [0, 0.05) is 0 Å². The highest BCUT2D eigenvalue weighted by Gasteiger charge is 2.27. The van der Waals surface area contributed by atoms with E-state index in [2.05, 4.69) is 40.7 Å². The Labute approximate surface area is 83.4 Å². The summed E-state index contributed by atoms with van der Waals surface area (Å²) in [7, 11) is 0. The van der Waals surface area contributed by atoms with E-state index >= 15 is 0 Å². The number of hydrogen-bond donors (Lipinski definition) is 0. The van der Waals surface area contributed by atoms with Gasteiger partial charge in [-0.1, -0.05) is 39.3 Å². The molecule has 0 saturated carbocycles. The van der Waals surface area contributed by atoms with Gasteiger partial charge < -0.3 is 0 Å². The molecule has 0 aromatic heterocycles. The smallest absolute Gasteiger partial charge is 0.0177 e. The Morgan fingerprint density at radius 2 is 1.77 bits per heavy atom. The SMILES string of the molecule is CC1=C[C@@H](C(C)C)[C@H](C(C)C)CC1. The van der Waals surface area contributed by atoms with Crippen molar-refractivity contribution in [3.8, 4) is 0 Å². The molecule has 0 aromatic rings. The van der Waals surface area contributed by atoms with Crippen molar-refractivity contribution in [2.24, 2.45) is 23.7 Å². The van der Waals surface area contributed by atoms with Gasteiger partial charge in [0.15, 0.2) is 0 Å². The van der Waals surface area contributed by atoms with Gasteiger partial charge in [0.05, 0.1) is 0 Å². The van der Waals surface area contributed by atoms with Crippen LogP contribution < -0.4 is 0 Å². The molecule has 0 fully saturated rings. The fourth-order valence-electron chi connectivity index (χ4n) is 2.59. The summed E-state index contributed by atoms with van der Waals surface area (Å²) in [6, 6.07) is 0. The van der Waals surface area contributed by atoms with E-state index in [-0.39, 0.29) is 0 Å². The molecule has 0 spiro atoms. The van der Waals surface area contributed by atoms with Crippen LogP contribution in [0.3, 0.4) is 0 Å². The molecule has 0 bridgehead atoms. The second-order valence-corrected chi connectivity index (χ2v) is 5.28. The zero-order chi connectivity index (χ0) is 10.0. The normalized spacial score (nSPS) is 29.6. The fourth-order valence-corrected chi connectivity index (χ4v) is 2.59. The summed E-state index contributed by atoms with van der Waals surface area (Å²) in [5, 5.41) is 0. The van der Waals surface area contributed by atoms with Crippen molar-refractivity contribution in [1.82, 2.24) is 0 Å². The zero-order valence-electron chi connectivity index (χ0n) is 9.80. The largest absolute Gasteiger partial charge is 0.0820 e. The predicted molar refractivity (Wildman–Crippen MR) is 59.6 cm³/mol. The Morgan fingerprint density at radius 1 is 1.15 bits per heavy atom. The Hall–Kier alpha value is -0.260. The first kappa shape index (κ1) is 10.8. The van der Waals surface area contributed by atoms with Crippen molar-refractivity contribution < 1.29 is 0 Å². The average Bonchev–Trinajstić information content (AvgIpc) is 2.03. The number of hydrogen-bond acceptors (Lipinski definition) is 0. The van der Waals surface area contributed by atoms with E-state index in [9.17, 15) is 0 Å². The molecule has 0 N–H and O–H groups in total. The Kier molecular flexibility index (Phi) is 3.58. The van der Waals surface area contributed by atoms with E-state index < -0.39 is 0 Å². The molecule has 76 valence electrons. The summed E-state index contributed by atoms with van der Waals surface area (Å²) in [5.41, 5.74) is 1.61. The Balaban J connectivity index is 2.76. The van der Waals surface area contributed by atoms with Crippen molar-refractivity contribution in [3.05, 3.63) is 11.6 Å². The molecule has 1 aliphatic carbocycles. The van der Waals surface area contributed by atoms with E-state index in [0.717, 1.165) is 23.7 Å². The van der Waals surface area contributed by atoms with Gasteiger partial charge in [0.1, 0.15) is 0 Å². The van der Waals surface area contributed by atoms with Crippen molar-refractivity contribution in [1.29, 1.82) is 0 Å².